The molecule has 3 aromatic rings. The lowest BCUT2D eigenvalue weighted by Crippen LogP contribution is -2.07. The highest BCUT2D eigenvalue weighted by Gasteiger charge is 2.13. The van der Waals surface area contributed by atoms with E-state index in [0.717, 1.165) is 16.8 Å². The van der Waals surface area contributed by atoms with Crippen molar-refractivity contribution in [2.24, 2.45) is 0 Å². The first-order valence-corrected chi connectivity index (χ1v) is 6.52. The highest BCUT2D eigenvalue weighted by atomic mass is 35.5. The molecule has 0 amide bonds. The molecule has 1 aromatic carbocycles. The number of aromatic nitrogens is 3. The van der Waals surface area contributed by atoms with Gasteiger partial charge in [0.1, 0.15) is 17.5 Å². The van der Waals surface area contributed by atoms with Crippen molar-refractivity contribution in [3.05, 3.63) is 46.9 Å². The number of aryl methyl sites for hydroxylation is 1. The van der Waals surface area contributed by atoms with Gasteiger partial charge in [-0.2, -0.15) is 10.2 Å². The number of halogens is 1. The third-order valence-electron chi connectivity index (χ3n) is 2.95. The van der Waals surface area contributed by atoms with Crippen molar-refractivity contribution >= 4 is 22.6 Å². The van der Waals surface area contributed by atoms with Crippen molar-refractivity contribution in [3.63, 3.8) is 0 Å². The lowest BCUT2D eigenvalue weighted by molar-refractivity contribution is 0.220. The zero-order chi connectivity index (χ0) is 14.1. The van der Waals surface area contributed by atoms with Crippen LogP contribution in [0.4, 0.5) is 0 Å². The molecule has 6 heteroatoms. The summed E-state index contributed by atoms with van der Waals surface area (Å²) in [5.41, 5.74) is 2.23. The van der Waals surface area contributed by atoms with Crippen molar-refractivity contribution in [2.75, 3.05) is 0 Å². The van der Waals surface area contributed by atoms with Crippen LogP contribution in [0.15, 0.2) is 35.0 Å². The molecule has 1 unspecified atom stereocenters. The minimum absolute atomic E-state index is 0.263. The Kier molecular flexibility index (Phi) is 3.28. The third kappa shape index (κ3) is 2.44. The van der Waals surface area contributed by atoms with Crippen LogP contribution in [0.2, 0.25) is 5.02 Å². The first-order chi connectivity index (χ1) is 9.63. The van der Waals surface area contributed by atoms with Gasteiger partial charge in [-0.15, -0.1) is 0 Å². The summed E-state index contributed by atoms with van der Waals surface area (Å²) in [7, 11) is 0. The van der Waals surface area contributed by atoms with Crippen LogP contribution in [-0.4, -0.2) is 15.4 Å². The average molecular weight is 290 g/mol. The maximum absolute atomic E-state index is 6.19. The van der Waals surface area contributed by atoms with Crippen LogP contribution < -0.4 is 4.74 Å². The van der Waals surface area contributed by atoms with E-state index in [4.69, 9.17) is 20.9 Å². The number of hydrogen-bond acceptors (Lipinski definition) is 5. The van der Waals surface area contributed by atoms with Crippen LogP contribution in [-0.2, 0) is 0 Å². The summed E-state index contributed by atoms with van der Waals surface area (Å²) in [5, 5.41) is 13.2. The number of hydrogen-bond donors (Lipinski definition) is 0. The second kappa shape index (κ2) is 5.09. The van der Waals surface area contributed by atoms with Gasteiger partial charge in [0.2, 0.25) is 0 Å². The molecular weight excluding hydrogens is 278 g/mol. The molecule has 0 N–H and O–H groups in total. The minimum Gasteiger partial charge on any atom is -0.483 e. The number of nitrogens with zero attached hydrogens (tertiary/aromatic N) is 3. The van der Waals surface area contributed by atoms with Crippen molar-refractivity contribution in [1.29, 1.82) is 0 Å². The average Bonchev–Trinajstić information content (AvgIpc) is 2.87. The molecule has 0 radical (unpaired) electrons. The molecule has 102 valence electrons. The molecule has 1 atom stereocenters. The van der Waals surface area contributed by atoms with Gasteiger partial charge in [-0.3, -0.25) is 0 Å². The number of fused-ring (bicyclic) bond motifs is 1. The molecule has 5 nitrogen and oxygen atoms in total. The second-order valence-corrected chi connectivity index (χ2v) is 4.91. The summed E-state index contributed by atoms with van der Waals surface area (Å²) in [6, 6.07) is 7.26. The zero-order valence-corrected chi connectivity index (χ0v) is 11.8. The largest absolute Gasteiger partial charge is 0.483 e. The summed E-state index contributed by atoms with van der Waals surface area (Å²) in [4.78, 5) is 0. The first kappa shape index (κ1) is 12.9. The SMILES string of the molecule is Cc1ccc(C(C)Oc2cc3oncc3cc2Cl)nn1. The van der Waals surface area contributed by atoms with E-state index < -0.39 is 0 Å². The molecule has 0 aliphatic rings. The predicted octanol–water partition coefficient (Wildman–Crippen LogP) is 3.72. The fourth-order valence-corrected chi connectivity index (χ4v) is 2.05. The van der Waals surface area contributed by atoms with E-state index in [9.17, 15) is 0 Å². The van der Waals surface area contributed by atoms with Crippen molar-refractivity contribution in [2.45, 2.75) is 20.0 Å². The van der Waals surface area contributed by atoms with Gasteiger partial charge in [0, 0.05) is 11.5 Å². The van der Waals surface area contributed by atoms with E-state index >= 15 is 0 Å². The Hall–Kier alpha value is -2.14. The van der Waals surface area contributed by atoms with Crippen LogP contribution in [0, 0.1) is 6.92 Å². The molecule has 0 saturated heterocycles. The maximum Gasteiger partial charge on any atom is 0.170 e. The van der Waals surface area contributed by atoms with Crippen LogP contribution in [0.25, 0.3) is 11.0 Å². The fraction of sp³-hybridized carbons (Fsp3) is 0.214. The quantitative estimate of drug-likeness (QED) is 0.735. The molecule has 0 fully saturated rings. The standard InChI is InChI=1S/C14H12ClN3O2/c1-8-3-4-12(18-17-8)9(2)19-14-6-13-10(5-11(14)15)7-16-20-13/h3-7,9H,1-2H3. The summed E-state index contributed by atoms with van der Waals surface area (Å²) in [6.07, 6.45) is 1.35. The van der Waals surface area contributed by atoms with E-state index in [0.29, 0.717) is 16.4 Å². The van der Waals surface area contributed by atoms with E-state index in [1.54, 1.807) is 18.3 Å². The lowest BCUT2D eigenvalue weighted by atomic mass is 10.2. The van der Waals surface area contributed by atoms with Gasteiger partial charge in [-0.25, -0.2) is 0 Å². The van der Waals surface area contributed by atoms with Crippen molar-refractivity contribution in [3.8, 4) is 5.75 Å². The second-order valence-electron chi connectivity index (χ2n) is 4.51. The Morgan fingerprint density at radius 1 is 1.25 bits per heavy atom. The molecular formula is C14H12ClN3O2. The molecule has 20 heavy (non-hydrogen) atoms. The molecule has 0 bridgehead atoms. The third-order valence-corrected chi connectivity index (χ3v) is 3.24. The van der Waals surface area contributed by atoms with Crippen LogP contribution in [0.5, 0.6) is 5.75 Å². The predicted molar refractivity (Wildman–Crippen MR) is 74.8 cm³/mol. The molecule has 3 rings (SSSR count). The lowest BCUT2D eigenvalue weighted by Gasteiger charge is -2.14. The van der Waals surface area contributed by atoms with E-state index in [1.807, 2.05) is 26.0 Å². The molecule has 0 spiro atoms. The van der Waals surface area contributed by atoms with E-state index in [-0.39, 0.29) is 6.10 Å². The summed E-state index contributed by atoms with van der Waals surface area (Å²) < 4.78 is 10.9. The minimum atomic E-state index is -0.263. The Morgan fingerprint density at radius 2 is 2.10 bits per heavy atom. The highest BCUT2D eigenvalue weighted by Crippen LogP contribution is 2.32. The highest BCUT2D eigenvalue weighted by molar-refractivity contribution is 6.32. The Balaban J connectivity index is 1.88. The van der Waals surface area contributed by atoms with Gasteiger partial charge in [-0.05, 0) is 32.0 Å². The van der Waals surface area contributed by atoms with Gasteiger partial charge in [-0.1, -0.05) is 16.8 Å². The summed E-state index contributed by atoms with van der Waals surface area (Å²) in [6.45, 7) is 3.78. The summed E-state index contributed by atoms with van der Waals surface area (Å²) >= 11 is 6.19. The van der Waals surface area contributed by atoms with Crippen LogP contribution in [0.3, 0.4) is 0 Å². The van der Waals surface area contributed by atoms with Gasteiger partial charge in [0.25, 0.3) is 0 Å². The normalized spacial score (nSPS) is 12.6. The van der Waals surface area contributed by atoms with Crippen LogP contribution >= 0.6 is 11.6 Å². The molecule has 0 aliphatic carbocycles. The van der Waals surface area contributed by atoms with Gasteiger partial charge < -0.3 is 9.26 Å². The Bertz CT molecular complexity index is 740. The molecule has 0 aliphatic heterocycles. The van der Waals surface area contributed by atoms with E-state index in [2.05, 4.69) is 15.4 Å². The number of ether oxygens (including phenoxy) is 1. The van der Waals surface area contributed by atoms with Crippen LogP contribution in [0.1, 0.15) is 24.4 Å². The first-order valence-electron chi connectivity index (χ1n) is 6.14. The fourth-order valence-electron chi connectivity index (χ4n) is 1.84. The van der Waals surface area contributed by atoms with Crippen molar-refractivity contribution in [1.82, 2.24) is 15.4 Å². The van der Waals surface area contributed by atoms with Gasteiger partial charge >= 0.3 is 0 Å². The van der Waals surface area contributed by atoms with Crippen molar-refractivity contribution < 1.29 is 9.26 Å². The molecule has 2 heterocycles. The Morgan fingerprint density at radius 3 is 2.85 bits per heavy atom. The zero-order valence-electron chi connectivity index (χ0n) is 11.0. The summed E-state index contributed by atoms with van der Waals surface area (Å²) in [5.74, 6) is 0.533. The topological polar surface area (TPSA) is 61.0 Å². The smallest absolute Gasteiger partial charge is 0.170 e. The monoisotopic (exact) mass is 289 g/mol. The molecule has 0 saturated carbocycles. The van der Waals surface area contributed by atoms with Gasteiger partial charge in [0.15, 0.2) is 5.58 Å². The number of benzene rings is 1. The Labute approximate surface area is 120 Å². The van der Waals surface area contributed by atoms with E-state index in [1.165, 1.54) is 0 Å². The number of rotatable bonds is 3. The molecule has 2 aromatic heterocycles. The maximum atomic E-state index is 6.19. The van der Waals surface area contributed by atoms with Gasteiger partial charge in [0.05, 0.1) is 16.9 Å².